The molecule has 1 N–H and O–H groups in total. The smallest absolute Gasteiger partial charge is 0.236 e. The molecule has 1 aliphatic rings. The summed E-state index contributed by atoms with van der Waals surface area (Å²) in [6.07, 6.45) is 2.45. The fourth-order valence-corrected chi connectivity index (χ4v) is 4.34. The van der Waals surface area contributed by atoms with Gasteiger partial charge in [0.1, 0.15) is 17.3 Å². The Balaban J connectivity index is 1.58. The van der Waals surface area contributed by atoms with Crippen LogP contribution in [0.5, 0.6) is 11.5 Å². The summed E-state index contributed by atoms with van der Waals surface area (Å²) in [5.74, 6) is 0.967. The second-order valence-corrected chi connectivity index (χ2v) is 7.86. The molecule has 1 amide bonds. The van der Waals surface area contributed by atoms with E-state index < -0.39 is 5.41 Å². The van der Waals surface area contributed by atoms with Crippen molar-refractivity contribution < 1.29 is 18.7 Å². The Morgan fingerprint density at radius 1 is 1.14 bits per heavy atom. The Bertz CT molecular complexity index is 1030. The molecule has 5 nitrogen and oxygen atoms in total. The fraction of sp³-hybridized carbons (Fsp3) is 0.273. The molecule has 0 unspecified atom stereocenters. The molecule has 1 aliphatic carbocycles. The van der Waals surface area contributed by atoms with Crippen LogP contribution in [0.3, 0.4) is 0 Å². The second-order valence-electron chi connectivity index (χ2n) is 7.00. The molecule has 0 spiro atoms. The number of nitrogens with zero attached hydrogens (tertiary/aromatic N) is 1. The number of methoxy groups -OCH3 is 2. The first-order chi connectivity index (χ1) is 14.1. The molecule has 0 bridgehead atoms. The lowest BCUT2D eigenvalue weighted by Crippen LogP contribution is -2.46. The number of nitrogens with one attached hydrogen (secondary N) is 1. The molecule has 0 saturated heterocycles. The van der Waals surface area contributed by atoms with Crippen molar-refractivity contribution in [3.05, 3.63) is 59.2 Å². The third kappa shape index (κ3) is 3.58. The van der Waals surface area contributed by atoms with Gasteiger partial charge in [0.25, 0.3) is 0 Å². The molecule has 4 rings (SSSR count). The first-order valence-corrected chi connectivity index (χ1v) is 10.2. The number of benzene rings is 2. The number of ether oxygens (including phenoxy) is 2. The molecule has 1 fully saturated rings. The van der Waals surface area contributed by atoms with Crippen LogP contribution in [0.15, 0.2) is 47.8 Å². The molecule has 3 aromatic rings. The molecular formula is C22H21FN2O3S. The van der Waals surface area contributed by atoms with E-state index in [1.165, 1.54) is 23.5 Å². The highest BCUT2D eigenvalue weighted by Gasteiger charge is 2.45. The van der Waals surface area contributed by atoms with E-state index in [0.717, 1.165) is 30.4 Å². The van der Waals surface area contributed by atoms with Gasteiger partial charge in [0.2, 0.25) is 5.91 Å². The monoisotopic (exact) mass is 412 g/mol. The third-order valence-electron chi connectivity index (χ3n) is 5.45. The third-order valence-corrected chi connectivity index (χ3v) is 6.20. The first-order valence-electron chi connectivity index (χ1n) is 9.31. The second kappa shape index (κ2) is 7.83. The Hall–Kier alpha value is -2.93. The molecule has 1 aromatic heterocycles. The molecule has 150 valence electrons. The van der Waals surface area contributed by atoms with E-state index in [1.54, 1.807) is 26.4 Å². The van der Waals surface area contributed by atoms with Crippen molar-refractivity contribution in [1.82, 2.24) is 4.98 Å². The summed E-state index contributed by atoms with van der Waals surface area (Å²) in [7, 11) is 3.20. The van der Waals surface area contributed by atoms with E-state index in [-0.39, 0.29) is 11.7 Å². The van der Waals surface area contributed by atoms with Crippen molar-refractivity contribution >= 4 is 22.4 Å². The van der Waals surface area contributed by atoms with Crippen LogP contribution < -0.4 is 14.8 Å². The molecule has 0 atom stereocenters. The maximum Gasteiger partial charge on any atom is 0.236 e. The number of rotatable bonds is 6. The zero-order valence-electron chi connectivity index (χ0n) is 16.2. The van der Waals surface area contributed by atoms with Gasteiger partial charge in [0, 0.05) is 10.9 Å². The summed E-state index contributed by atoms with van der Waals surface area (Å²) in [4.78, 5) is 17.7. The van der Waals surface area contributed by atoms with Crippen LogP contribution in [0.4, 0.5) is 9.52 Å². The summed E-state index contributed by atoms with van der Waals surface area (Å²) >= 11 is 1.35. The van der Waals surface area contributed by atoms with Gasteiger partial charge in [-0.25, -0.2) is 9.37 Å². The van der Waals surface area contributed by atoms with Crippen LogP contribution in [-0.4, -0.2) is 25.1 Å². The highest BCUT2D eigenvalue weighted by molar-refractivity contribution is 7.14. The van der Waals surface area contributed by atoms with Gasteiger partial charge in [-0.15, -0.1) is 11.3 Å². The number of hydrogen-bond donors (Lipinski definition) is 1. The van der Waals surface area contributed by atoms with Crippen molar-refractivity contribution in [2.45, 2.75) is 24.7 Å². The van der Waals surface area contributed by atoms with E-state index in [2.05, 4.69) is 10.3 Å². The van der Waals surface area contributed by atoms with E-state index in [4.69, 9.17) is 9.47 Å². The van der Waals surface area contributed by atoms with Crippen LogP contribution in [0, 0.1) is 5.82 Å². The minimum atomic E-state index is -0.618. The fourth-order valence-electron chi connectivity index (χ4n) is 3.63. The zero-order valence-corrected chi connectivity index (χ0v) is 17.0. The summed E-state index contributed by atoms with van der Waals surface area (Å²) in [5, 5.41) is 5.35. The van der Waals surface area contributed by atoms with Crippen molar-refractivity contribution in [3.63, 3.8) is 0 Å². The normalized spacial score (nSPS) is 14.7. The highest BCUT2D eigenvalue weighted by Crippen LogP contribution is 2.45. The number of carbonyl (C=O) groups is 1. The molecule has 0 radical (unpaired) electrons. The minimum Gasteiger partial charge on any atom is -0.497 e. The number of anilines is 1. The molecule has 1 heterocycles. The van der Waals surface area contributed by atoms with E-state index >= 15 is 0 Å². The molecule has 7 heteroatoms. The lowest BCUT2D eigenvalue weighted by atomic mass is 9.64. The van der Waals surface area contributed by atoms with Crippen molar-refractivity contribution in [3.8, 4) is 22.8 Å². The van der Waals surface area contributed by atoms with Crippen LogP contribution in [0.25, 0.3) is 11.3 Å². The Kier molecular flexibility index (Phi) is 5.24. The Labute approximate surface area is 172 Å². The lowest BCUT2D eigenvalue weighted by molar-refractivity contribution is -0.124. The standard InChI is InChI=1S/C22H21FN2O3S/c1-27-16-8-9-19(28-2)17(12-16)18-13-29-21(24-18)25-20(26)22(10-3-11-22)14-4-6-15(23)7-5-14/h4-9,12-13H,3,10-11H2,1-2H3,(H,24,25,26). The topological polar surface area (TPSA) is 60.5 Å². The minimum absolute atomic E-state index is 0.103. The van der Waals surface area contributed by atoms with Gasteiger partial charge in [-0.1, -0.05) is 18.6 Å². The number of halogens is 1. The Morgan fingerprint density at radius 2 is 1.90 bits per heavy atom. The molecular weight excluding hydrogens is 391 g/mol. The first kappa shape index (κ1) is 19.4. The molecule has 1 saturated carbocycles. The largest absolute Gasteiger partial charge is 0.497 e. The van der Waals surface area contributed by atoms with Gasteiger partial charge < -0.3 is 14.8 Å². The van der Waals surface area contributed by atoms with E-state index in [0.29, 0.717) is 22.3 Å². The predicted molar refractivity (Wildman–Crippen MR) is 111 cm³/mol. The average molecular weight is 412 g/mol. The van der Waals surface area contributed by atoms with Crippen LogP contribution >= 0.6 is 11.3 Å². The van der Waals surface area contributed by atoms with E-state index in [9.17, 15) is 9.18 Å². The van der Waals surface area contributed by atoms with Crippen LogP contribution in [-0.2, 0) is 10.2 Å². The van der Waals surface area contributed by atoms with Gasteiger partial charge in [-0.05, 0) is 48.7 Å². The predicted octanol–water partition coefficient (Wildman–Crippen LogP) is 5.03. The summed E-state index contributed by atoms with van der Waals surface area (Å²) < 4.78 is 24.0. The summed E-state index contributed by atoms with van der Waals surface area (Å²) in [5.41, 5.74) is 1.72. The van der Waals surface area contributed by atoms with E-state index in [1.807, 2.05) is 23.6 Å². The van der Waals surface area contributed by atoms with Crippen molar-refractivity contribution in [2.24, 2.45) is 0 Å². The van der Waals surface area contributed by atoms with Gasteiger partial charge in [-0.2, -0.15) is 0 Å². The number of thiazole rings is 1. The zero-order chi connectivity index (χ0) is 20.4. The summed E-state index contributed by atoms with van der Waals surface area (Å²) in [6.45, 7) is 0. The average Bonchev–Trinajstić information content (AvgIpc) is 3.16. The quantitative estimate of drug-likeness (QED) is 0.617. The van der Waals surface area contributed by atoms with Crippen molar-refractivity contribution in [1.29, 1.82) is 0 Å². The number of amides is 1. The molecule has 2 aromatic carbocycles. The lowest BCUT2D eigenvalue weighted by Gasteiger charge is -2.40. The summed E-state index contributed by atoms with van der Waals surface area (Å²) in [6, 6.07) is 11.7. The molecule has 0 aliphatic heterocycles. The number of hydrogen-bond acceptors (Lipinski definition) is 5. The van der Waals surface area contributed by atoms with Crippen molar-refractivity contribution in [2.75, 3.05) is 19.5 Å². The maximum absolute atomic E-state index is 13.3. The number of carbonyl (C=O) groups excluding carboxylic acids is 1. The molecule has 29 heavy (non-hydrogen) atoms. The SMILES string of the molecule is COc1ccc(OC)c(-c2csc(NC(=O)C3(c4ccc(F)cc4)CCC3)n2)c1. The van der Waals surface area contributed by atoms with Gasteiger partial charge in [0.05, 0.1) is 25.3 Å². The maximum atomic E-state index is 13.3. The van der Waals surface area contributed by atoms with Gasteiger partial charge in [-0.3, -0.25) is 4.79 Å². The highest BCUT2D eigenvalue weighted by atomic mass is 32.1. The Morgan fingerprint density at radius 3 is 2.52 bits per heavy atom. The van der Waals surface area contributed by atoms with Gasteiger partial charge >= 0.3 is 0 Å². The van der Waals surface area contributed by atoms with Crippen LogP contribution in [0.2, 0.25) is 0 Å². The number of aromatic nitrogens is 1. The van der Waals surface area contributed by atoms with Gasteiger partial charge in [0.15, 0.2) is 5.13 Å². The van der Waals surface area contributed by atoms with Crippen LogP contribution in [0.1, 0.15) is 24.8 Å².